The van der Waals surface area contributed by atoms with Gasteiger partial charge in [0, 0.05) is 20.2 Å². The molecule has 1 unspecified atom stereocenters. The summed E-state index contributed by atoms with van der Waals surface area (Å²) in [7, 11) is 1.79. The molecule has 0 aliphatic carbocycles. The van der Waals surface area contributed by atoms with Crippen LogP contribution in [-0.2, 0) is 9.53 Å². The van der Waals surface area contributed by atoms with Gasteiger partial charge in [-0.05, 0) is 31.9 Å². The number of hydrogen-bond acceptors (Lipinski definition) is 3. The van der Waals surface area contributed by atoms with Crippen molar-refractivity contribution in [1.29, 1.82) is 0 Å². The Morgan fingerprint density at radius 2 is 2.16 bits per heavy atom. The first-order chi connectivity index (χ1) is 9.15. The minimum Gasteiger partial charge on any atom is -0.484 e. The quantitative estimate of drug-likeness (QED) is 0.815. The Morgan fingerprint density at radius 1 is 1.42 bits per heavy atom. The molecule has 0 radical (unpaired) electrons. The third kappa shape index (κ3) is 4.24. The van der Waals surface area contributed by atoms with E-state index in [1.807, 2.05) is 31.2 Å². The average molecular weight is 263 g/mol. The lowest BCUT2D eigenvalue weighted by Gasteiger charge is -2.20. The molecular formula is C15H21NO3. The minimum absolute atomic E-state index is 0.0175. The molecule has 0 spiro atoms. The van der Waals surface area contributed by atoms with Crippen molar-refractivity contribution in [2.75, 3.05) is 26.8 Å². The van der Waals surface area contributed by atoms with E-state index in [0.717, 1.165) is 25.2 Å². The summed E-state index contributed by atoms with van der Waals surface area (Å²) in [5, 5.41) is 0. The van der Waals surface area contributed by atoms with Gasteiger partial charge in [-0.2, -0.15) is 0 Å². The molecule has 1 aliphatic rings. The number of hydrogen-bond donors (Lipinski definition) is 0. The van der Waals surface area contributed by atoms with E-state index in [0.29, 0.717) is 6.54 Å². The van der Waals surface area contributed by atoms with Gasteiger partial charge >= 0.3 is 0 Å². The van der Waals surface area contributed by atoms with Crippen LogP contribution in [0.1, 0.15) is 18.4 Å². The minimum atomic E-state index is -0.0175. The van der Waals surface area contributed by atoms with Crippen LogP contribution in [0, 0.1) is 6.92 Å². The number of likely N-dealkylation sites (N-methyl/N-ethyl adjacent to an activating group) is 1. The molecule has 1 fully saturated rings. The summed E-state index contributed by atoms with van der Waals surface area (Å²) in [6.07, 6.45) is 2.32. The number of rotatable bonds is 5. The molecule has 1 aromatic rings. The van der Waals surface area contributed by atoms with Gasteiger partial charge in [0.15, 0.2) is 6.61 Å². The maximum atomic E-state index is 11.9. The van der Waals surface area contributed by atoms with Gasteiger partial charge in [0.1, 0.15) is 5.75 Å². The molecule has 0 aromatic heterocycles. The zero-order chi connectivity index (χ0) is 13.7. The van der Waals surface area contributed by atoms with Crippen LogP contribution >= 0.6 is 0 Å². The molecule has 19 heavy (non-hydrogen) atoms. The lowest BCUT2D eigenvalue weighted by Crippen LogP contribution is -2.37. The first-order valence-corrected chi connectivity index (χ1v) is 6.70. The summed E-state index contributed by atoms with van der Waals surface area (Å²) in [5.74, 6) is 0.709. The van der Waals surface area contributed by atoms with E-state index in [-0.39, 0.29) is 18.6 Å². The molecule has 1 atom stereocenters. The standard InChI is InChI=1S/C15H21NO3/c1-12-5-7-13(8-6-12)19-11-15(17)16(2)10-14-4-3-9-18-14/h5-8,14H,3-4,9-11H2,1-2H3. The third-order valence-electron chi connectivity index (χ3n) is 3.31. The zero-order valence-corrected chi connectivity index (χ0v) is 11.6. The molecule has 0 N–H and O–H groups in total. The number of aryl methyl sites for hydroxylation is 1. The lowest BCUT2D eigenvalue weighted by atomic mass is 10.2. The van der Waals surface area contributed by atoms with Crippen molar-refractivity contribution in [3.8, 4) is 5.75 Å². The normalized spacial score (nSPS) is 18.3. The van der Waals surface area contributed by atoms with Crippen molar-refractivity contribution >= 4 is 5.91 Å². The van der Waals surface area contributed by atoms with E-state index < -0.39 is 0 Å². The summed E-state index contributed by atoms with van der Waals surface area (Å²) >= 11 is 0. The molecule has 0 saturated carbocycles. The molecular weight excluding hydrogens is 242 g/mol. The highest BCUT2D eigenvalue weighted by Crippen LogP contribution is 2.14. The van der Waals surface area contributed by atoms with Crippen LogP contribution in [-0.4, -0.2) is 43.7 Å². The van der Waals surface area contributed by atoms with E-state index in [4.69, 9.17) is 9.47 Å². The molecule has 104 valence electrons. The van der Waals surface area contributed by atoms with E-state index in [9.17, 15) is 4.79 Å². The Bertz CT molecular complexity index is 410. The number of carbonyl (C=O) groups excluding carboxylic acids is 1. The van der Waals surface area contributed by atoms with E-state index >= 15 is 0 Å². The second-order valence-electron chi connectivity index (χ2n) is 5.01. The average Bonchev–Trinajstić information content (AvgIpc) is 2.90. The smallest absolute Gasteiger partial charge is 0.260 e. The molecule has 1 heterocycles. The van der Waals surface area contributed by atoms with E-state index in [1.165, 1.54) is 5.56 Å². The van der Waals surface area contributed by atoms with Gasteiger partial charge in [-0.25, -0.2) is 0 Å². The summed E-state index contributed by atoms with van der Waals surface area (Å²) in [6, 6.07) is 7.69. The molecule has 4 heteroatoms. The molecule has 0 bridgehead atoms. The Balaban J connectivity index is 1.75. The first-order valence-electron chi connectivity index (χ1n) is 6.70. The largest absolute Gasteiger partial charge is 0.484 e. The van der Waals surface area contributed by atoms with Crippen molar-refractivity contribution in [2.45, 2.75) is 25.9 Å². The van der Waals surface area contributed by atoms with Crippen LogP contribution in [0.5, 0.6) is 5.75 Å². The highest BCUT2D eigenvalue weighted by Gasteiger charge is 2.20. The topological polar surface area (TPSA) is 38.8 Å². The van der Waals surface area contributed by atoms with Gasteiger partial charge in [0.05, 0.1) is 6.10 Å². The molecule has 1 saturated heterocycles. The SMILES string of the molecule is Cc1ccc(OCC(=O)N(C)CC2CCCO2)cc1. The van der Waals surface area contributed by atoms with Crippen LogP contribution in [0.3, 0.4) is 0 Å². The lowest BCUT2D eigenvalue weighted by molar-refractivity contribution is -0.133. The van der Waals surface area contributed by atoms with E-state index in [1.54, 1.807) is 11.9 Å². The predicted octanol–water partition coefficient (Wildman–Crippen LogP) is 2.01. The van der Waals surface area contributed by atoms with Crippen molar-refractivity contribution < 1.29 is 14.3 Å². The monoisotopic (exact) mass is 263 g/mol. The Labute approximate surface area is 114 Å². The first kappa shape index (κ1) is 13.9. The zero-order valence-electron chi connectivity index (χ0n) is 11.6. The van der Waals surface area contributed by atoms with Gasteiger partial charge in [-0.3, -0.25) is 4.79 Å². The maximum Gasteiger partial charge on any atom is 0.260 e. The number of amides is 1. The van der Waals surface area contributed by atoms with Gasteiger partial charge in [-0.15, -0.1) is 0 Å². The Morgan fingerprint density at radius 3 is 2.79 bits per heavy atom. The molecule has 4 nitrogen and oxygen atoms in total. The van der Waals surface area contributed by atoms with Gasteiger partial charge in [0.2, 0.25) is 0 Å². The third-order valence-corrected chi connectivity index (χ3v) is 3.31. The predicted molar refractivity (Wildman–Crippen MR) is 73.3 cm³/mol. The Hall–Kier alpha value is -1.55. The van der Waals surface area contributed by atoms with Gasteiger partial charge in [0.25, 0.3) is 5.91 Å². The number of ether oxygens (including phenoxy) is 2. The van der Waals surface area contributed by atoms with Gasteiger partial charge < -0.3 is 14.4 Å². The van der Waals surface area contributed by atoms with Crippen LogP contribution < -0.4 is 4.74 Å². The fourth-order valence-corrected chi connectivity index (χ4v) is 2.09. The summed E-state index contributed by atoms with van der Waals surface area (Å²) in [5.41, 5.74) is 1.18. The molecule has 1 aromatic carbocycles. The summed E-state index contributed by atoms with van der Waals surface area (Å²) in [6.45, 7) is 3.55. The van der Waals surface area contributed by atoms with Crippen LogP contribution in [0.15, 0.2) is 24.3 Å². The molecule has 1 aliphatic heterocycles. The number of nitrogens with zero attached hydrogens (tertiary/aromatic N) is 1. The Kier molecular flexibility index (Phi) is 4.80. The maximum absolute atomic E-state index is 11.9. The van der Waals surface area contributed by atoms with Crippen molar-refractivity contribution in [3.63, 3.8) is 0 Å². The van der Waals surface area contributed by atoms with E-state index in [2.05, 4.69) is 0 Å². The summed E-state index contributed by atoms with van der Waals surface area (Å²) < 4.78 is 11.0. The summed E-state index contributed by atoms with van der Waals surface area (Å²) in [4.78, 5) is 13.6. The van der Waals surface area contributed by atoms with Crippen LogP contribution in [0.2, 0.25) is 0 Å². The van der Waals surface area contributed by atoms with Crippen molar-refractivity contribution in [2.24, 2.45) is 0 Å². The van der Waals surface area contributed by atoms with Gasteiger partial charge in [-0.1, -0.05) is 17.7 Å². The fraction of sp³-hybridized carbons (Fsp3) is 0.533. The number of carbonyl (C=O) groups is 1. The second-order valence-corrected chi connectivity index (χ2v) is 5.01. The molecule has 1 amide bonds. The number of benzene rings is 1. The van der Waals surface area contributed by atoms with Crippen molar-refractivity contribution in [3.05, 3.63) is 29.8 Å². The highest BCUT2D eigenvalue weighted by atomic mass is 16.5. The fourth-order valence-electron chi connectivity index (χ4n) is 2.09. The van der Waals surface area contributed by atoms with Crippen LogP contribution in [0.25, 0.3) is 0 Å². The second kappa shape index (κ2) is 6.57. The van der Waals surface area contributed by atoms with Crippen molar-refractivity contribution in [1.82, 2.24) is 4.90 Å². The van der Waals surface area contributed by atoms with Crippen LogP contribution in [0.4, 0.5) is 0 Å². The molecule has 2 rings (SSSR count). The highest BCUT2D eigenvalue weighted by molar-refractivity contribution is 5.77.